The van der Waals surface area contributed by atoms with Gasteiger partial charge in [0.25, 0.3) is 0 Å². The molecule has 2 atom stereocenters. The van der Waals surface area contributed by atoms with E-state index in [1.165, 1.54) is 6.42 Å². The summed E-state index contributed by atoms with van der Waals surface area (Å²) in [7, 11) is 2.17. The molecule has 1 rings (SSSR count). The molecule has 0 aromatic carbocycles. The molecule has 1 fully saturated rings. The Hall–Kier alpha value is -0.320. The number of hydrogen-bond acceptors (Lipinski definition) is 8. The van der Waals surface area contributed by atoms with Crippen molar-refractivity contribution >= 4 is 0 Å². The molecule has 174 valence electrons. The van der Waals surface area contributed by atoms with E-state index in [0.29, 0.717) is 91.4 Å². The van der Waals surface area contributed by atoms with E-state index in [-0.39, 0.29) is 0 Å². The van der Waals surface area contributed by atoms with Crippen molar-refractivity contribution in [2.45, 2.75) is 38.8 Å². The minimum Gasteiger partial charge on any atom is -0.379 e. The monoisotopic (exact) mass is 421 g/mol. The highest BCUT2D eigenvalue weighted by molar-refractivity contribution is 4.82. The highest BCUT2D eigenvalue weighted by Gasteiger charge is 2.28. The van der Waals surface area contributed by atoms with Gasteiger partial charge in [0, 0.05) is 19.2 Å². The van der Waals surface area contributed by atoms with Crippen LogP contribution < -0.4 is 0 Å². The zero-order valence-corrected chi connectivity index (χ0v) is 18.8. The third-order valence-electron chi connectivity index (χ3n) is 4.77. The summed E-state index contributed by atoms with van der Waals surface area (Å²) in [5.74, 6) is 0. The second-order valence-corrected chi connectivity index (χ2v) is 6.99. The molecular weight excluding hydrogens is 378 g/mol. The van der Waals surface area contributed by atoms with Crippen LogP contribution in [0.1, 0.15) is 26.7 Å². The van der Waals surface area contributed by atoms with Crippen LogP contribution >= 0.6 is 0 Å². The van der Waals surface area contributed by atoms with Gasteiger partial charge in [-0.15, -0.1) is 0 Å². The standard InChI is InChI=1S/C21H43NO7/c1-4-20-18-21(19-22(20)3)29-17-16-28-15-14-27-13-12-26-11-10-25-9-8-24-7-6-23-5-2/h20-21H,4-19H2,1-3H3/t20-,21-/m1/s1. The predicted octanol–water partition coefficient (Wildman–Crippen LogP) is 1.61. The molecule has 0 amide bonds. The number of hydrogen-bond donors (Lipinski definition) is 0. The Balaban J connectivity index is 1.69. The van der Waals surface area contributed by atoms with Crippen molar-refractivity contribution in [3.05, 3.63) is 0 Å². The Kier molecular flexibility index (Phi) is 18.1. The van der Waals surface area contributed by atoms with Gasteiger partial charge >= 0.3 is 0 Å². The molecule has 0 radical (unpaired) electrons. The van der Waals surface area contributed by atoms with Crippen LogP contribution in [0, 0.1) is 0 Å². The van der Waals surface area contributed by atoms with Crippen molar-refractivity contribution < 1.29 is 33.2 Å². The molecule has 0 unspecified atom stereocenters. The SMILES string of the molecule is CCOCCOCCOCCOCCOCCOCCO[C@@H]1C[C@@H](CC)N(C)C1. The zero-order valence-electron chi connectivity index (χ0n) is 18.8. The van der Waals surface area contributed by atoms with Crippen LogP contribution in [0.3, 0.4) is 0 Å². The summed E-state index contributed by atoms with van der Waals surface area (Å²) in [6, 6.07) is 0.660. The highest BCUT2D eigenvalue weighted by Crippen LogP contribution is 2.20. The molecule has 0 bridgehead atoms. The minimum absolute atomic E-state index is 0.346. The van der Waals surface area contributed by atoms with Crippen molar-refractivity contribution in [1.82, 2.24) is 4.90 Å². The van der Waals surface area contributed by atoms with Crippen molar-refractivity contribution in [3.8, 4) is 0 Å². The molecule has 0 saturated carbocycles. The van der Waals surface area contributed by atoms with Gasteiger partial charge in [-0.3, -0.25) is 0 Å². The first-order valence-electron chi connectivity index (χ1n) is 11.1. The molecular formula is C21H43NO7. The number of ether oxygens (including phenoxy) is 7. The quantitative estimate of drug-likeness (QED) is 0.259. The van der Waals surface area contributed by atoms with Gasteiger partial charge in [0.15, 0.2) is 0 Å². The second kappa shape index (κ2) is 19.6. The summed E-state index contributed by atoms with van der Waals surface area (Å²) in [4.78, 5) is 2.38. The molecule has 29 heavy (non-hydrogen) atoms. The van der Waals surface area contributed by atoms with Gasteiger partial charge in [-0.2, -0.15) is 0 Å². The molecule has 0 N–H and O–H groups in total. The van der Waals surface area contributed by atoms with Crippen LogP contribution in [0.25, 0.3) is 0 Å². The normalized spacial score (nSPS) is 20.0. The van der Waals surface area contributed by atoms with E-state index in [0.717, 1.165) is 19.6 Å². The average Bonchev–Trinajstić information content (AvgIpc) is 3.09. The van der Waals surface area contributed by atoms with E-state index < -0.39 is 0 Å². The largest absolute Gasteiger partial charge is 0.379 e. The maximum absolute atomic E-state index is 5.88. The maximum Gasteiger partial charge on any atom is 0.0718 e. The van der Waals surface area contributed by atoms with Gasteiger partial charge in [0.2, 0.25) is 0 Å². The lowest BCUT2D eigenvalue weighted by atomic mass is 10.1. The molecule has 8 nitrogen and oxygen atoms in total. The summed E-state index contributed by atoms with van der Waals surface area (Å²) in [5, 5.41) is 0. The Bertz CT molecular complexity index is 349. The molecule has 0 aromatic rings. The Morgan fingerprint density at radius 1 is 0.621 bits per heavy atom. The summed E-state index contributed by atoms with van der Waals surface area (Å²) in [5.41, 5.74) is 0. The molecule has 0 spiro atoms. The first-order chi connectivity index (χ1) is 14.3. The van der Waals surface area contributed by atoms with E-state index in [9.17, 15) is 0 Å². The third-order valence-corrected chi connectivity index (χ3v) is 4.77. The van der Waals surface area contributed by atoms with E-state index in [4.69, 9.17) is 33.2 Å². The van der Waals surface area contributed by atoms with Crippen LogP contribution in [0.4, 0.5) is 0 Å². The van der Waals surface area contributed by atoms with Gasteiger partial charge < -0.3 is 38.1 Å². The van der Waals surface area contributed by atoms with Crippen molar-refractivity contribution in [2.24, 2.45) is 0 Å². The van der Waals surface area contributed by atoms with Crippen molar-refractivity contribution in [1.29, 1.82) is 0 Å². The molecule has 0 aromatic heterocycles. The molecule has 1 saturated heterocycles. The molecule has 1 heterocycles. The fourth-order valence-corrected chi connectivity index (χ4v) is 3.14. The number of nitrogens with zero attached hydrogens (tertiary/aromatic N) is 1. The highest BCUT2D eigenvalue weighted by atomic mass is 16.6. The minimum atomic E-state index is 0.346. The van der Waals surface area contributed by atoms with E-state index in [1.54, 1.807) is 0 Å². The van der Waals surface area contributed by atoms with Crippen LogP contribution in [-0.2, 0) is 33.2 Å². The fraction of sp³-hybridized carbons (Fsp3) is 1.00. The number of likely N-dealkylation sites (N-methyl/N-ethyl adjacent to an activating group) is 1. The number of rotatable bonds is 21. The fourth-order valence-electron chi connectivity index (χ4n) is 3.14. The molecule has 0 aliphatic carbocycles. The van der Waals surface area contributed by atoms with Crippen molar-refractivity contribution in [2.75, 3.05) is 99.5 Å². The van der Waals surface area contributed by atoms with Crippen LogP contribution in [0.15, 0.2) is 0 Å². The third kappa shape index (κ3) is 15.2. The van der Waals surface area contributed by atoms with E-state index in [2.05, 4.69) is 18.9 Å². The van der Waals surface area contributed by atoms with Crippen LogP contribution in [0.5, 0.6) is 0 Å². The summed E-state index contributed by atoms with van der Waals surface area (Å²) in [6.45, 7) is 13.0. The lowest BCUT2D eigenvalue weighted by Gasteiger charge is -2.15. The Morgan fingerprint density at radius 2 is 1.03 bits per heavy atom. The lowest BCUT2D eigenvalue weighted by Crippen LogP contribution is -2.24. The molecule has 1 aliphatic heterocycles. The Labute approximate surface area is 177 Å². The topological polar surface area (TPSA) is 67.9 Å². The number of likely N-dealkylation sites (tertiary alicyclic amines) is 1. The maximum atomic E-state index is 5.88. The second-order valence-electron chi connectivity index (χ2n) is 6.99. The zero-order chi connectivity index (χ0) is 21.0. The van der Waals surface area contributed by atoms with Crippen LogP contribution in [-0.4, -0.2) is 117 Å². The smallest absolute Gasteiger partial charge is 0.0718 e. The van der Waals surface area contributed by atoms with E-state index >= 15 is 0 Å². The summed E-state index contributed by atoms with van der Waals surface area (Å²) in [6.07, 6.45) is 2.66. The van der Waals surface area contributed by atoms with Crippen molar-refractivity contribution in [3.63, 3.8) is 0 Å². The molecule has 1 aliphatic rings. The van der Waals surface area contributed by atoms with Gasteiger partial charge in [-0.25, -0.2) is 0 Å². The average molecular weight is 422 g/mol. The predicted molar refractivity (Wildman–Crippen MR) is 112 cm³/mol. The Morgan fingerprint density at radius 3 is 1.41 bits per heavy atom. The van der Waals surface area contributed by atoms with Gasteiger partial charge in [-0.1, -0.05) is 6.92 Å². The van der Waals surface area contributed by atoms with Gasteiger partial charge in [-0.05, 0) is 26.8 Å². The van der Waals surface area contributed by atoms with Gasteiger partial charge in [0.05, 0.1) is 85.4 Å². The summed E-state index contributed by atoms with van der Waals surface area (Å²) < 4.78 is 38.3. The van der Waals surface area contributed by atoms with Crippen LogP contribution in [0.2, 0.25) is 0 Å². The lowest BCUT2D eigenvalue weighted by molar-refractivity contribution is -0.0254. The van der Waals surface area contributed by atoms with E-state index in [1.807, 2.05) is 6.92 Å². The first-order valence-corrected chi connectivity index (χ1v) is 11.1. The molecule has 8 heteroatoms. The summed E-state index contributed by atoms with van der Waals surface area (Å²) >= 11 is 0. The first kappa shape index (κ1) is 26.7. The van der Waals surface area contributed by atoms with Gasteiger partial charge in [0.1, 0.15) is 0 Å².